The predicted octanol–water partition coefficient (Wildman–Crippen LogP) is 3.78. The molecule has 0 spiro atoms. The highest BCUT2D eigenvalue weighted by molar-refractivity contribution is 4.84. The van der Waals surface area contributed by atoms with E-state index in [0.717, 1.165) is 5.92 Å². The summed E-state index contributed by atoms with van der Waals surface area (Å²) in [5, 5.41) is 0. The molecule has 60 valence electrons. The molecule has 1 unspecified atom stereocenters. The molecule has 0 rings (SSSR count). The normalized spacial score (nSPS) is 14.3. The monoisotopic (exact) mass is 140 g/mol. The van der Waals surface area contributed by atoms with Gasteiger partial charge < -0.3 is 0 Å². The van der Waals surface area contributed by atoms with E-state index in [1.165, 1.54) is 25.7 Å². The molecule has 0 aromatic heterocycles. The summed E-state index contributed by atoms with van der Waals surface area (Å²) in [5.41, 5.74) is 0. The quantitative estimate of drug-likeness (QED) is 0.510. The van der Waals surface area contributed by atoms with E-state index in [1.807, 2.05) is 0 Å². The molecule has 0 heteroatoms. The zero-order chi connectivity index (χ0) is 7.82. The highest BCUT2D eigenvalue weighted by Crippen LogP contribution is 2.08. The van der Waals surface area contributed by atoms with Crippen LogP contribution in [0.4, 0.5) is 0 Å². The lowest BCUT2D eigenvalue weighted by Gasteiger charge is -2.02. The van der Waals surface area contributed by atoms with Gasteiger partial charge in [-0.2, -0.15) is 0 Å². The third-order valence-electron chi connectivity index (χ3n) is 1.71. The van der Waals surface area contributed by atoms with Crippen LogP contribution in [-0.4, -0.2) is 0 Å². The van der Waals surface area contributed by atoms with Crippen molar-refractivity contribution in [3.8, 4) is 0 Å². The minimum absolute atomic E-state index is 0.792. The minimum atomic E-state index is 0.792. The first-order chi connectivity index (χ1) is 4.81. The van der Waals surface area contributed by atoms with E-state index < -0.39 is 0 Å². The van der Waals surface area contributed by atoms with E-state index in [4.69, 9.17) is 0 Å². The number of unbranched alkanes of at least 4 members (excludes halogenated alkanes) is 1. The number of hydrogen-bond donors (Lipinski definition) is 0. The van der Waals surface area contributed by atoms with Crippen molar-refractivity contribution >= 4 is 0 Å². The minimum Gasteiger partial charge on any atom is -0.0885 e. The molecular weight excluding hydrogens is 120 g/mol. The lowest BCUT2D eigenvalue weighted by atomic mass is 10.0. The van der Waals surface area contributed by atoms with Crippen molar-refractivity contribution in [2.45, 2.75) is 46.5 Å². The maximum absolute atomic E-state index is 2.33. The van der Waals surface area contributed by atoms with Crippen LogP contribution in [-0.2, 0) is 0 Å². The van der Waals surface area contributed by atoms with Gasteiger partial charge in [-0.05, 0) is 18.8 Å². The second-order valence-corrected chi connectivity index (χ2v) is 2.96. The molecule has 0 heterocycles. The summed E-state index contributed by atoms with van der Waals surface area (Å²) in [4.78, 5) is 0. The summed E-state index contributed by atoms with van der Waals surface area (Å²) in [5.74, 6) is 0.792. The van der Waals surface area contributed by atoms with Gasteiger partial charge >= 0.3 is 0 Å². The molecule has 10 heavy (non-hydrogen) atoms. The molecule has 0 aliphatic carbocycles. The molecule has 0 saturated heterocycles. The molecule has 0 radical (unpaired) electrons. The summed E-state index contributed by atoms with van der Waals surface area (Å²) >= 11 is 0. The Morgan fingerprint density at radius 2 is 2.00 bits per heavy atom. The van der Waals surface area contributed by atoms with Crippen LogP contribution in [0.1, 0.15) is 46.5 Å². The van der Waals surface area contributed by atoms with Crippen molar-refractivity contribution < 1.29 is 0 Å². The van der Waals surface area contributed by atoms with Gasteiger partial charge in [-0.25, -0.2) is 0 Å². The Bertz CT molecular complexity index is 82.0. The highest BCUT2D eigenvalue weighted by atomic mass is 14.0. The molecule has 0 aliphatic rings. The van der Waals surface area contributed by atoms with Crippen molar-refractivity contribution in [1.29, 1.82) is 0 Å². The van der Waals surface area contributed by atoms with Crippen LogP contribution in [0.15, 0.2) is 12.2 Å². The van der Waals surface area contributed by atoms with E-state index >= 15 is 0 Å². The molecule has 1 atom stereocenters. The van der Waals surface area contributed by atoms with Crippen molar-refractivity contribution in [3.05, 3.63) is 12.2 Å². The first kappa shape index (κ1) is 9.74. The second-order valence-electron chi connectivity index (χ2n) is 2.96. The first-order valence-corrected chi connectivity index (χ1v) is 4.47. The molecule has 0 saturated carbocycles. The summed E-state index contributed by atoms with van der Waals surface area (Å²) < 4.78 is 0. The fraction of sp³-hybridized carbons (Fsp3) is 0.800. The third-order valence-corrected chi connectivity index (χ3v) is 1.71. The van der Waals surface area contributed by atoms with Gasteiger partial charge in [0.15, 0.2) is 0 Å². The lowest BCUT2D eigenvalue weighted by Crippen LogP contribution is -1.87. The molecular formula is C10H20. The van der Waals surface area contributed by atoms with Crippen molar-refractivity contribution in [3.63, 3.8) is 0 Å². The average Bonchev–Trinajstić information content (AvgIpc) is 1.97. The van der Waals surface area contributed by atoms with Gasteiger partial charge in [-0.3, -0.25) is 0 Å². The standard InChI is InChI=1S/C10H20/c1-4-6-8-10(3)9-7-5-2/h6,8,10H,4-5,7,9H2,1-3H3. The van der Waals surface area contributed by atoms with Crippen molar-refractivity contribution in [2.24, 2.45) is 5.92 Å². The van der Waals surface area contributed by atoms with E-state index in [2.05, 4.69) is 32.9 Å². The Morgan fingerprint density at radius 3 is 2.50 bits per heavy atom. The Kier molecular flexibility index (Phi) is 6.68. The fourth-order valence-corrected chi connectivity index (χ4v) is 0.991. The predicted molar refractivity (Wildman–Crippen MR) is 48.1 cm³/mol. The Hall–Kier alpha value is -0.260. The third kappa shape index (κ3) is 5.87. The smallest absolute Gasteiger partial charge is 0.0262 e. The van der Waals surface area contributed by atoms with Gasteiger partial charge in [0, 0.05) is 0 Å². The van der Waals surface area contributed by atoms with Gasteiger partial charge in [0.25, 0.3) is 0 Å². The fourth-order valence-electron chi connectivity index (χ4n) is 0.991. The molecule has 0 aromatic carbocycles. The molecule has 0 aliphatic heterocycles. The van der Waals surface area contributed by atoms with Crippen LogP contribution in [0, 0.1) is 5.92 Å². The SMILES string of the molecule is CCC=CC(C)CCCC. The van der Waals surface area contributed by atoms with Gasteiger partial charge in [-0.15, -0.1) is 0 Å². The Balaban J connectivity index is 3.24. The first-order valence-electron chi connectivity index (χ1n) is 4.47. The maximum Gasteiger partial charge on any atom is -0.0262 e. The van der Waals surface area contributed by atoms with Crippen LogP contribution in [0.5, 0.6) is 0 Å². The molecule has 0 aromatic rings. The van der Waals surface area contributed by atoms with E-state index in [1.54, 1.807) is 0 Å². The van der Waals surface area contributed by atoms with Crippen molar-refractivity contribution in [1.82, 2.24) is 0 Å². The second kappa shape index (κ2) is 6.85. The largest absolute Gasteiger partial charge is 0.0885 e. The topological polar surface area (TPSA) is 0 Å². The molecule has 0 N–H and O–H groups in total. The zero-order valence-electron chi connectivity index (χ0n) is 7.56. The lowest BCUT2D eigenvalue weighted by molar-refractivity contribution is 0.597. The van der Waals surface area contributed by atoms with E-state index in [9.17, 15) is 0 Å². The highest BCUT2D eigenvalue weighted by Gasteiger charge is 1.93. The van der Waals surface area contributed by atoms with E-state index in [-0.39, 0.29) is 0 Å². The zero-order valence-corrected chi connectivity index (χ0v) is 7.56. The summed E-state index contributed by atoms with van der Waals surface area (Å²) in [7, 11) is 0. The molecule has 0 nitrogen and oxygen atoms in total. The molecule has 0 amide bonds. The van der Waals surface area contributed by atoms with Crippen molar-refractivity contribution in [2.75, 3.05) is 0 Å². The average molecular weight is 140 g/mol. The van der Waals surface area contributed by atoms with Gasteiger partial charge in [0.05, 0.1) is 0 Å². The molecule has 0 bridgehead atoms. The van der Waals surface area contributed by atoms with Gasteiger partial charge in [0.2, 0.25) is 0 Å². The Labute approximate surface area is 65.3 Å². The van der Waals surface area contributed by atoms with Crippen LogP contribution >= 0.6 is 0 Å². The number of allylic oxidation sites excluding steroid dienone is 2. The summed E-state index contributed by atoms with van der Waals surface area (Å²) in [6.45, 7) is 6.72. The summed E-state index contributed by atoms with van der Waals surface area (Å²) in [6.07, 6.45) is 9.82. The van der Waals surface area contributed by atoms with E-state index in [0.29, 0.717) is 0 Å². The van der Waals surface area contributed by atoms with Crippen LogP contribution in [0.3, 0.4) is 0 Å². The van der Waals surface area contributed by atoms with Crippen LogP contribution in [0.25, 0.3) is 0 Å². The number of rotatable bonds is 5. The molecule has 0 fully saturated rings. The summed E-state index contributed by atoms with van der Waals surface area (Å²) in [6, 6.07) is 0. The number of hydrogen-bond acceptors (Lipinski definition) is 0. The van der Waals surface area contributed by atoms with Crippen LogP contribution in [0.2, 0.25) is 0 Å². The van der Waals surface area contributed by atoms with Gasteiger partial charge in [0.1, 0.15) is 0 Å². The maximum atomic E-state index is 2.33. The van der Waals surface area contributed by atoms with Crippen LogP contribution < -0.4 is 0 Å². The Morgan fingerprint density at radius 1 is 1.30 bits per heavy atom. The van der Waals surface area contributed by atoms with Gasteiger partial charge in [-0.1, -0.05) is 45.8 Å².